The number of hydrogen-bond acceptors (Lipinski definition) is 5. The van der Waals surface area contributed by atoms with E-state index in [9.17, 15) is 0 Å². The molecule has 78 valence electrons. The Hall–Kier alpha value is -1.33. The molecule has 0 saturated carbocycles. The monoisotopic (exact) mass is 220 g/mol. The summed E-state index contributed by atoms with van der Waals surface area (Å²) < 4.78 is 8.24. The predicted molar refractivity (Wildman–Crippen MR) is 59.8 cm³/mol. The van der Waals surface area contributed by atoms with Crippen LogP contribution in [0, 0.1) is 6.92 Å². The quantitative estimate of drug-likeness (QED) is 0.852. The van der Waals surface area contributed by atoms with Crippen LogP contribution in [-0.4, -0.2) is 20.8 Å². The first-order valence-corrected chi connectivity index (χ1v) is 5.40. The maximum Gasteiger partial charge on any atom is 0.0958 e. The third-order valence-electron chi connectivity index (χ3n) is 2.19. The lowest BCUT2D eigenvalue weighted by Crippen LogP contribution is -2.18. The zero-order valence-electron chi connectivity index (χ0n) is 8.64. The minimum absolute atomic E-state index is 0.0798. The van der Waals surface area contributed by atoms with Gasteiger partial charge in [0.2, 0.25) is 0 Å². The number of rotatable bonds is 3. The van der Waals surface area contributed by atoms with Crippen molar-refractivity contribution in [3.63, 3.8) is 0 Å². The molecule has 2 aromatic rings. The van der Waals surface area contributed by atoms with E-state index in [2.05, 4.69) is 25.1 Å². The molecule has 2 heterocycles. The van der Waals surface area contributed by atoms with Crippen molar-refractivity contribution in [2.75, 3.05) is 7.05 Å². The van der Waals surface area contributed by atoms with Gasteiger partial charge in [0.05, 0.1) is 29.7 Å². The molecule has 0 aliphatic heterocycles. The second kappa shape index (κ2) is 4.46. The van der Waals surface area contributed by atoms with Gasteiger partial charge in [-0.2, -0.15) is 8.75 Å². The molecule has 0 amide bonds. The Kier molecular flexibility index (Phi) is 3.03. The summed E-state index contributed by atoms with van der Waals surface area (Å²) in [6, 6.07) is 2.18. The van der Waals surface area contributed by atoms with E-state index in [1.54, 1.807) is 6.20 Å². The van der Waals surface area contributed by atoms with Crippen LogP contribution in [0.1, 0.15) is 22.9 Å². The van der Waals surface area contributed by atoms with Gasteiger partial charge in [0.25, 0.3) is 0 Å². The molecule has 0 aliphatic carbocycles. The third kappa shape index (κ3) is 2.19. The minimum atomic E-state index is 0.0798. The summed E-state index contributed by atoms with van der Waals surface area (Å²) in [4.78, 5) is 4.18. The van der Waals surface area contributed by atoms with Gasteiger partial charge in [-0.25, -0.2) is 0 Å². The normalized spacial score (nSPS) is 12.7. The zero-order chi connectivity index (χ0) is 10.7. The third-order valence-corrected chi connectivity index (χ3v) is 2.68. The lowest BCUT2D eigenvalue weighted by atomic mass is 10.1. The molecule has 1 atom stereocenters. The van der Waals surface area contributed by atoms with Crippen LogP contribution in [-0.2, 0) is 0 Å². The van der Waals surface area contributed by atoms with Crippen molar-refractivity contribution in [1.82, 2.24) is 19.0 Å². The Morgan fingerprint density at radius 2 is 2.20 bits per heavy atom. The summed E-state index contributed by atoms with van der Waals surface area (Å²) in [5, 5.41) is 3.21. The van der Waals surface area contributed by atoms with E-state index in [1.165, 1.54) is 11.7 Å². The average Bonchev–Trinajstić information content (AvgIpc) is 2.72. The van der Waals surface area contributed by atoms with Crippen LogP contribution in [0.25, 0.3) is 0 Å². The van der Waals surface area contributed by atoms with Gasteiger partial charge in [0.15, 0.2) is 0 Å². The van der Waals surface area contributed by atoms with Crippen LogP contribution < -0.4 is 5.32 Å². The lowest BCUT2D eigenvalue weighted by Gasteiger charge is -2.13. The maximum absolute atomic E-state index is 4.23. The summed E-state index contributed by atoms with van der Waals surface area (Å²) in [7, 11) is 1.91. The summed E-state index contributed by atoms with van der Waals surface area (Å²) >= 11 is 1.22. The van der Waals surface area contributed by atoms with Crippen LogP contribution in [0.5, 0.6) is 0 Å². The molecular formula is C10H12N4S. The highest BCUT2D eigenvalue weighted by Gasteiger charge is 2.14. The van der Waals surface area contributed by atoms with Crippen LogP contribution in [0.15, 0.2) is 24.7 Å². The van der Waals surface area contributed by atoms with Gasteiger partial charge in [-0.3, -0.25) is 4.98 Å². The second-order valence-electron chi connectivity index (χ2n) is 3.35. The van der Waals surface area contributed by atoms with E-state index in [1.807, 2.05) is 26.4 Å². The van der Waals surface area contributed by atoms with Crippen molar-refractivity contribution in [1.29, 1.82) is 0 Å². The molecule has 2 aromatic heterocycles. The summed E-state index contributed by atoms with van der Waals surface area (Å²) in [6.07, 6.45) is 5.48. The average molecular weight is 220 g/mol. The number of aryl methyl sites for hydroxylation is 1. The van der Waals surface area contributed by atoms with Gasteiger partial charge in [-0.15, -0.1) is 0 Å². The van der Waals surface area contributed by atoms with E-state index in [4.69, 9.17) is 0 Å². The first kappa shape index (κ1) is 10.2. The highest BCUT2D eigenvalue weighted by Crippen LogP contribution is 2.19. The minimum Gasteiger partial charge on any atom is -0.308 e. The summed E-state index contributed by atoms with van der Waals surface area (Å²) in [5.41, 5.74) is 3.20. The van der Waals surface area contributed by atoms with Gasteiger partial charge >= 0.3 is 0 Å². The van der Waals surface area contributed by atoms with Crippen LogP contribution >= 0.6 is 11.7 Å². The standard InChI is InChI=1S/C10H12N4S/c1-7-3-8(5-12-4-7)10(11-2)9-6-13-15-14-9/h3-6,10-11H,1-2H3. The van der Waals surface area contributed by atoms with Crippen molar-refractivity contribution in [2.45, 2.75) is 13.0 Å². The molecular weight excluding hydrogens is 208 g/mol. The Balaban J connectivity index is 2.35. The highest BCUT2D eigenvalue weighted by atomic mass is 32.1. The predicted octanol–water partition coefficient (Wildman–Crippen LogP) is 1.55. The Morgan fingerprint density at radius 1 is 1.33 bits per heavy atom. The molecule has 1 unspecified atom stereocenters. The largest absolute Gasteiger partial charge is 0.308 e. The van der Waals surface area contributed by atoms with Gasteiger partial charge < -0.3 is 5.32 Å². The Bertz CT molecular complexity index is 427. The summed E-state index contributed by atoms with van der Waals surface area (Å²) in [6.45, 7) is 2.03. The Labute approximate surface area is 92.7 Å². The molecule has 2 rings (SSSR count). The van der Waals surface area contributed by atoms with E-state index >= 15 is 0 Å². The SMILES string of the molecule is CNC(c1cncc(C)c1)c1cnsn1. The molecule has 0 bridgehead atoms. The zero-order valence-corrected chi connectivity index (χ0v) is 9.45. The van der Waals surface area contributed by atoms with Crippen molar-refractivity contribution in [2.24, 2.45) is 0 Å². The molecule has 0 fully saturated rings. The number of pyridine rings is 1. The fraction of sp³-hybridized carbons (Fsp3) is 0.300. The number of nitrogens with zero attached hydrogens (tertiary/aromatic N) is 3. The smallest absolute Gasteiger partial charge is 0.0958 e. The van der Waals surface area contributed by atoms with Gasteiger partial charge in [-0.05, 0) is 25.1 Å². The number of aromatic nitrogens is 3. The van der Waals surface area contributed by atoms with E-state index in [0.717, 1.165) is 16.8 Å². The molecule has 0 saturated heterocycles. The maximum atomic E-state index is 4.23. The molecule has 0 aliphatic rings. The number of hydrogen-bond donors (Lipinski definition) is 1. The van der Waals surface area contributed by atoms with Gasteiger partial charge in [-0.1, -0.05) is 6.07 Å². The molecule has 1 N–H and O–H groups in total. The molecule has 0 aromatic carbocycles. The van der Waals surface area contributed by atoms with Crippen molar-refractivity contribution in [3.8, 4) is 0 Å². The van der Waals surface area contributed by atoms with Crippen LogP contribution in [0.2, 0.25) is 0 Å². The first-order valence-electron chi connectivity index (χ1n) is 4.67. The van der Waals surface area contributed by atoms with Crippen LogP contribution in [0.3, 0.4) is 0 Å². The van der Waals surface area contributed by atoms with Crippen molar-refractivity contribution in [3.05, 3.63) is 41.5 Å². The lowest BCUT2D eigenvalue weighted by molar-refractivity contribution is 0.674. The molecule has 0 spiro atoms. The summed E-state index contributed by atoms with van der Waals surface area (Å²) in [5.74, 6) is 0. The van der Waals surface area contributed by atoms with E-state index in [-0.39, 0.29) is 6.04 Å². The van der Waals surface area contributed by atoms with Crippen LogP contribution in [0.4, 0.5) is 0 Å². The topological polar surface area (TPSA) is 50.7 Å². The Morgan fingerprint density at radius 3 is 2.80 bits per heavy atom. The first-order chi connectivity index (χ1) is 7.31. The number of nitrogens with one attached hydrogen (secondary N) is 1. The molecule has 0 radical (unpaired) electrons. The second-order valence-corrected chi connectivity index (χ2v) is 3.91. The van der Waals surface area contributed by atoms with Gasteiger partial charge in [0, 0.05) is 12.4 Å². The fourth-order valence-corrected chi connectivity index (χ4v) is 1.97. The molecule has 15 heavy (non-hydrogen) atoms. The highest BCUT2D eigenvalue weighted by molar-refractivity contribution is 6.99. The van der Waals surface area contributed by atoms with Gasteiger partial charge in [0.1, 0.15) is 0 Å². The fourth-order valence-electron chi connectivity index (χ4n) is 1.52. The molecule has 5 heteroatoms. The van der Waals surface area contributed by atoms with E-state index < -0.39 is 0 Å². The molecule has 4 nitrogen and oxygen atoms in total. The van der Waals surface area contributed by atoms with Crippen molar-refractivity contribution >= 4 is 11.7 Å². The van der Waals surface area contributed by atoms with E-state index in [0.29, 0.717) is 0 Å². The van der Waals surface area contributed by atoms with Crippen molar-refractivity contribution < 1.29 is 0 Å².